The summed E-state index contributed by atoms with van der Waals surface area (Å²) in [5.41, 5.74) is 0. The van der Waals surface area contributed by atoms with E-state index in [1.54, 1.807) is 6.92 Å². The smallest absolute Gasteiger partial charge is 0.859 e. The Labute approximate surface area is 90.6 Å². The molecule has 0 aliphatic carbocycles. The van der Waals surface area contributed by atoms with Gasteiger partial charge in [0.2, 0.25) is 0 Å². The number of carbonyl (C=O) groups excluding carboxylic acids is 1. The molecule has 0 spiro atoms. The minimum absolute atomic E-state index is 0. The van der Waals surface area contributed by atoms with Gasteiger partial charge < -0.3 is 19.9 Å². The van der Waals surface area contributed by atoms with Crippen molar-refractivity contribution < 1.29 is 19.9 Å². The molecule has 54 valence electrons. The molecule has 0 aliphatic rings. The Morgan fingerprint density at radius 3 is 2.00 bits per heavy atom. The number of carboxylic acids is 1. The number of carboxylic acid groups (broad SMARTS) is 1. The fourth-order valence-corrected chi connectivity index (χ4v) is 0.204. The molecule has 0 bridgehead atoms. The predicted molar refractivity (Wildman–Crippen MR) is 35.0 cm³/mol. The molecule has 4 nitrogen and oxygen atoms in total. The average molecular weight is 172 g/mol. The summed E-state index contributed by atoms with van der Waals surface area (Å²) in [5.74, 6) is -0.961. The molecule has 0 unspecified atom stereocenters. The van der Waals surface area contributed by atoms with Gasteiger partial charge in [0.25, 0.3) is 0 Å². The molecule has 10 heavy (non-hydrogen) atoms. The van der Waals surface area contributed by atoms with Gasteiger partial charge in [0.1, 0.15) is 0 Å². The third-order valence-corrected chi connectivity index (χ3v) is 0.454. The Morgan fingerprint density at radius 1 is 1.70 bits per heavy atom. The van der Waals surface area contributed by atoms with Crippen LogP contribution >= 0.6 is 0 Å². The molecule has 0 heterocycles. The van der Waals surface area contributed by atoms with Crippen LogP contribution in [0.5, 0.6) is 0 Å². The van der Waals surface area contributed by atoms with Crippen LogP contribution in [0, 0.1) is 0 Å². The van der Waals surface area contributed by atoms with E-state index in [9.17, 15) is 9.90 Å². The molecule has 0 aliphatic heterocycles. The van der Waals surface area contributed by atoms with E-state index in [1.165, 1.54) is 0 Å². The molecule has 0 saturated heterocycles. The Kier molecular flexibility index (Phi) is 27.8. The van der Waals surface area contributed by atoms with Crippen LogP contribution in [0.4, 0.5) is 0 Å². The summed E-state index contributed by atoms with van der Waals surface area (Å²) in [6, 6.07) is 0. The molecular weight excluding hydrogens is 163 g/mol. The maximum absolute atomic E-state index is 9.49. The van der Waals surface area contributed by atoms with Crippen molar-refractivity contribution >= 4 is 51.4 Å². The molecule has 0 atom stereocenters. The van der Waals surface area contributed by atoms with Crippen LogP contribution in [0.1, 0.15) is 19.8 Å². The number of hydrogen-bond donors (Lipinski definition) is 1. The van der Waals surface area contributed by atoms with Crippen molar-refractivity contribution in [1.82, 2.24) is 0 Å². The largest absolute Gasteiger partial charge is 2.00 e. The maximum atomic E-state index is 9.49. The van der Waals surface area contributed by atoms with Gasteiger partial charge in [-0.3, -0.25) is 0 Å². The SMILES string of the molecule is CCCC(=O)[O-].[Ca+2].[O-]BO. The van der Waals surface area contributed by atoms with Crippen molar-refractivity contribution in [3.63, 3.8) is 0 Å². The molecule has 1 N–H and O–H groups in total. The Hall–Kier alpha value is 0.715. The molecule has 0 aromatic rings. The van der Waals surface area contributed by atoms with Gasteiger partial charge in [-0.25, -0.2) is 0 Å². The number of carbonyl (C=O) groups is 1. The fraction of sp³-hybridized carbons (Fsp3) is 0.750. The van der Waals surface area contributed by atoms with E-state index in [0.29, 0.717) is 6.42 Å². The van der Waals surface area contributed by atoms with Crippen molar-refractivity contribution in [1.29, 1.82) is 0 Å². The normalized spacial score (nSPS) is 6.30. The van der Waals surface area contributed by atoms with Gasteiger partial charge in [-0.05, 0) is 6.42 Å². The molecule has 0 aromatic carbocycles. The summed E-state index contributed by atoms with van der Waals surface area (Å²) in [6.45, 7) is 1.80. The van der Waals surface area contributed by atoms with Crippen molar-refractivity contribution in [2.75, 3.05) is 0 Å². The minimum atomic E-state index is -1.00. The van der Waals surface area contributed by atoms with Crippen LogP contribution in [0.25, 0.3) is 0 Å². The predicted octanol–water partition coefficient (Wildman–Crippen LogP) is -3.24. The van der Waals surface area contributed by atoms with Gasteiger partial charge in [0.05, 0.1) is 0 Å². The maximum Gasteiger partial charge on any atom is 2.00 e. The van der Waals surface area contributed by atoms with E-state index in [-0.39, 0.29) is 44.2 Å². The molecule has 0 fully saturated rings. The first-order chi connectivity index (χ1) is 4.18. The van der Waals surface area contributed by atoms with Gasteiger partial charge >= 0.3 is 37.7 Å². The summed E-state index contributed by atoms with van der Waals surface area (Å²) in [7, 11) is -1.00. The molecule has 0 saturated carbocycles. The van der Waals surface area contributed by atoms with E-state index < -0.39 is 13.7 Å². The van der Waals surface area contributed by atoms with E-state index >= 15 is 0 Å². The third-order valence-electron chi connectivity index (χ3n) is 0.454. The van der Waals surface area contributed by atoms with Gasteiger partial charge in [-0.15, -0.1) is 0 Å². The second kappa shape index (κ2) is 16.4. The Morgan fingerprint density at radius 2 is 2.00 bits per heavy atom. The fourth-order valence-electron chi connectivity index (χ4n) is 0.204. The topological polar surface area (TPSA) is 83.4 Å². The van der Waals surface area contributed by atoms with Crippen LogP contribution in [-0.4, -0.2) is 56.4 Å². The Balaban J connectivity index is -0.000000107. The van der Waals surface area contributed by atoms with E-state index in [4.69, 9.17) is 10.0 Å². The minimum Gasteiger partial charge on any atom is -0.859 e. The van der Waals surface area contributed by atoms with Crippen LogP contribution in [0.3, 0.4) is 0 Å². The average Bonchev–Trinajstić information content (AvgIpc) is 1.67. The zero-order valence-corrected chi connectivity index (χ0v) is 8.21. The molecule has 0 radical (unpaired) electrons. The van der Waals surface area contributed by atoms with Gasteiger partial charge in [-0.2, -0.15) is 0 Å². The van der Waals surface area contributed by atoms with Crippen molar-refractivity contribution in [3.8, 4) is 0 Å². The summed E-state index contributed by atoms with van der Waals surface area (Å²) < 4.78 is 0. The molecule has 6 heteroatoms. The van der Waals surface area contributed by atoms with Crippen LogP contribution in [0.15, 0.2) is 0 Å². The van der Waals surface area contributed by atoms with Crippen molar-refractivity contribution in [2.45, 2.75) is 19.8 Å². The number of hydrogen-bond acceptors (Lipinski definition) is 4. The van der Waals surface area contributed by atoms with Crippen molar-refractivity contribution in [3.05, 3.63) is 0 Å². The van der Waals surface area contributed by atoms with Crippen LogP contribution < -0.4 is 10.1 Å². The number of aliphatic carboxylic acids is 1. The first kappa shape index (κ1) is 17.0. The first-order valence-corrected chi connectivity index (χ1v) is 2.57. The third kappa shape index (κ3) is 37.6. The van der Waals surface area contributed by atoms with Crippen LogP contribution in [0.2, 0.25) is 0 Å². The summed E-state index contributed by atoms with van der Waals surface area (Å²) in [4.78, 5) is 9.49. The number of rotatable bonds is 2. The zero-order chi connectivity index (χ0) is 7.70. The summed E-state index contributed by atoms with van der Waals surface area (Å²) in [5, 5.41) is 25.0. The van der Waals surface area contributed by atoms with Crippen molar-refractivity contribution in [2.24, 2.45) is 0 Å². The molecule has 0 rings (SSSR count). The second-order valence-corrected chi connectivity index (χ2v) is 1.25. The quantitative estimate of drug-likeness (QED) is 0.443. The molecular formula is C4H9BCaO4. The van der Waals surface area contributed by atoms with Gasteiger partial charge in [-0.1, -0.05) is 13.3 Å². The van der Waals surface area contributed by atoms with Gasteiger partial charge in [0, 0.05) is 5.97 Å². The second-order valence-electron chi connectivity index (χ2n) is 1.25. The van der Waals surface area contributed by atoms with E-state index in [2.05, 4.69) is 0 Å². The first-order valence-electron chi connectivity index (χ1n) is 2.57. The van der Waals surface area contributed by atoms with Crippen LogP contribution in [-0.2, 0) is 4.79 Å². The summed E-state index contributed by atoms with van der Waals surface area (Å²) >= 11 is 0. The monoisotopic (exact) mass is 172 g/mol. The van der Waals surface area contributed by atoms with E-state index in [1.807, 2.05) is 0 Å². The summed E-state index contributed by atoms with van der Waals surface area (Å²) in [6.07, 6.45) is 0.850. The van der Waals surface area contributed by atoms with Gasteiger partial charge in [0.15, 0.2) is 7.69 Å². The zero-order valence-electron chi connectivity index (χ0n) is 6.00. The molecule has 0 amide bonds. The standard InChI is InChI=1S/C4H8O2.BH2O2.Ca/c1-2-3-4(5)6;2-1-3;/h2-3H2,1H3,(H,5,6);1-2H;/q;-1;+2/p-1. The van der Waals surface area contributed by atoms with E-state index in [0.717, 1.165) is 0 Å². The Bertz CT molecular complexity index is 70.3. The molecule has 0 aromatic heterocycles.